The molecule has 0 aliphatic carbocycles. The van der Waals surface area contributed by atoms with Gasteiger partial charge in [-0.1, -0.05) is 36.4 Å². The third-order valence-corrected chi connectivity index (χ3v) is 4.30. The van der Waals surface area contributed by atoms with Crippen molar-refractivity contribution in [1.29, 1.82) is 0 Å². The number of nitro groups is 1. The van der Waals surface area contributed by atoms with Crippen molar-refractivity contribution in [3.05, 3.63) is 99.6 Å². The molecule has 0 aromatic heterocycles. The summed E-state index contributed by atoms with van der Waals surface area (Å²) >= 11 is 0. The third kappa shape index (κ3) is 4.94. The highest BCUT2D eigenvalue weighted by molar-refractivity contribution is 6.04. The fourth-order valence-electron chi connectivity index (χ4n) is 2.69. The number of benzene rings is 3. The number of nitrogens with one attached hydrogen (secondary N) is 1. The van der Waals surface area contributed by atoms with Gasteiger partial charge >= 0.3 is 0 Å². The van der Waals surface area contributed by atoms with Gasteiger partial charge in [0.2, 0.25) is 0 Å². The molecule has 3 aromatic carbocycles. The molecule has 6 heteroatoms. The molecule has 1 N–H and O–H groups in total. The SMILES string of the molecule is Cc1ccc([N+](=O)[O-])cc1NC(=O)c1ccc(OCCc2ccccc2)cc1. The fourth-order valence-corrected chi connectivity index (χ4v) is 2.69. The first-order valence-corrected chi connectivity index (χ1v) is 8.86. The van der Waals surface area contributed by atoms with Crippen LogP contribution in [-0.4, -0.2) is 17.4 Å². The summed E-state index contributed by atoms with van der Waals surface area (Å²) in [5.41, 5.74) is 2.75. The van der Waals surface area contributed by atoms with Crippen LogP contribution in [-0.2, 0) is 6.42 Å². The van der Waals surface area contributed by atoms with Crippen molar-refractivity contribution in [2.24, 2.45) is 0 Å². The monoisotopic (exact) mass is 376 g/mol. The number of non-ortho nitro benzene ring substituents is 1. The van der Waals surface area contributed by atoms with Crippen molar-refractivity contribution in [2.45, 2.75) is 13.3 Å². The lowest BCUT2D eigenvalue weighted by Crippen LogP contribution is -2.13. The standard InChI is InChI=1S/C22H20N2O4/c1-16-7-10-19(24(26)27)15-21(16)23-22(25)18-8-11-20(12-9-18)28-14-13-17-5-3-2-4-6-17/h2-12,15H,13-14H2,1H3,(H,23,25). The highest BCUT2D eigenvalue weighted by Crippen LogP contribution is 2.23. The van der Waals surface area contributed by atoms with Crippen LogP contribution in [0.1, 0.15) is 21.5 Å². The summed E-state index contributed by atoms with van der Waals surface area (Å²) in [4.78, 5) is 22.9. The Morgan fingerprint density at radius 2 is 1.75 bits per heavy atom. The molecule has 0 bridgehead atoms. The van der Waals surface area contributed by atoms with Gasteiger partial charge in [0.05, 0.1) is 17.2 Å². The molecule has 0 aliphatic rings. The molecule has 0 saturated carbocycles. The Bertz CT molecular complexity index is 970. The van der Waals surface area contributed by atoms with E-state index in [1.54, 1.807) is 37.3 Å². The lowest BCUT2D eigenvalue weighted by atomic mass is 10.1. The summed E-state index contributed by atoms with van der Waals surface area (Å²) in [6, 6.07) is 21.2. The normalized spacial score (nSPS) is 10.3. The van der Waals surface area contributed by atoms with E-state index in [0.717, 1.165) is 12.0 Å². The Labute approximate surface area is 162 Å². The van der Waals surface area contributed by atoms with Gasteiger partial charge in [0.1, 0.15) is 5.75 Å². The molecule has 3 rings (SSSR count). The molecule has 1 amide bonds. The van der Waals surface area contributed by atoms with E-state index in [9.17, 15) is 14.9 Å². The number of carbonyl (C=O) groups excluding carboxylic acids is 1. The van der Waals surface area contributed by atoms with Crippen molar-refractivity contribution in [1.82, 2.24) is 0 Å². The average Bonchev–Trinajstić information content (AvgIpc) is 2.70. The Morgan fingerprint density at radius 3 is 2.43 bits per heavy atom. The van der Waals surface area contributed by atoms with Crippen LogP contribution in [0.5, 0.6) is 5.75 Å². The van der Waals surface area contributed by atoms with Crippen molar-refractivity contribution < 1.29 is 14.5 Å². The van der Waals surface area contributed by atoms with Crippen LogP contribution in [0.3, 0.4) is 0 Å². The number of nitro benzene ring substituents is 1. The van der Waals surface area contributed by atoms with Crippen molar-refractivity contribution in [3.63, 3.8) is 0 Å². The molecule has 6 nitrogen and oxygen atoms in total. The number of rotatable bonds is 7. The van der Waals surface area contributed by atoms with Gasteiger partial charge in [-0.05, 0) is 42.3 Å². The first kappa shape index (κ1) is 19.1. The first-order valence-electron chi connectivity index (χ1n) is 8.86. The molecule has 0 saturated heterocycles. The van der Waals surface area contributed by atoms with Crippen LogP contribution in [0, 0.1) is 17.0 Å². The Kier molecular flexibility index (Phi) is 6.01. The summed E-state index contributed by atoms with van der Waals surface area (Å²) in [6.45, 7) is 2.32. The Balaban J connectivity index is 1.59. The number of nitrogens with zero attached hydrogens (tertiary/aromatic N) is 1. The average molecular weight is 376 g/mol. The number of hydrogen-bond acceptors (Lipinski definition) is 4. The van der Waals surface area contributed by atoms with Gasteiger partial charge in [-0.2, -0.15) is 0 Å². The van der Waals surface area contributed by atoms with E-state index in [0.29, 0.717) is 23.6 Å². The zero-order valence-corrected chi connectivity index (χ0v) is 15.4. The molecule has 0 unspecified atom stereocenters. The second kappa shape index (κ2) is 8.81. The zero-order chi connectivity index (χ0) is 19.9. The molecule has 0 radical (unpaired) electrons. The molecule has 142 valence electrons. The highest BCUT2D eigenvalue weighted by Gasteiger charge is 2.12. The number of aryl methyl sites for hydroxylation is 1. The molecule has 0 heterocycles. The van der Waals surface area contributed by atoms with Crippen LogP contribution >= 0.6 is 0 Å². The number of amides is 1. The van der Waals surface area contributed by atoms with E-state index >= 15 is 0 Å². The largest absolute Gasteiger partial charge is 0.493 e. The second-order valence-corrected chi connectivity index (χ2v) is 6.32. The van der Waals surface area contributed by atoms with Gasteiger partial charge in [0.15, 0.2) is 0 Å². The van der Waals surface area contributed by atoms with E-state index in [1.165, 1.54) is 17.7 Å². The summed E-state index contributed by atoms with van der Waals surface area (Å²) in [5, 5.41) is 13.6. The minimum Gasteiger partial charge on any atom is -0.493 e. The van der Waals surface area contributed by atoms with Crippen molar-refractivity contribution in [2.75, 3.05) is 11.9 Å². The maximum absolute atomic E-state index is 12.4. The quantitative estimate of drug-likeness (QED) is 0.475. The summed E-state index contributed by atoms with van der Waals surface area (Å²) in [7, 11) is 0. The minimum atomic E-state index is -0.489. The van der Waals surface area contributed by atoms with Gasteiger partial charge in [-0.15, -0.1) is 0 Å². The lowest BCUT2D eigenvalue weighted by Gasteiger charge is -2.10. The van der Waals surface area contributed by atoms with Crippen LogP contribution in [0.15, 0.2) is 72.8 Å². The maximum atomic E-state index is 12.4. The Morgan fingerprint density at radius 1 is 1.04 bits per heavy atom. The molecule has 0 spiro atoms. The molecule has 0 atom stereocenters. The van der Waals surface area contributed by atoms with Crippen LogP contribution in [0.25, 0.3) is 0 Å². The van der Waals surface area contributed by atoms with E-state index in [1.807, 2.05) is 30.3 Å². The van der Waals surface area contributed by atoms with Crippen LogP contribution in [0.4, 0.5) is 11.4 Å². The highest BCUT2D eigenvalue weighted by atomic mass is 16.6. The van der Waals surface area contributed by atoms with Gasteiger partial charge in [-0.25, -0.2) is 0 Å². The number of ether oxygens (including phenoxy) is 1. The van der Waals surface area contributed by atoms with Gasteiger partial charge in [0.25, 0.3) is 11.6 Å². The third-order valence-electron chi connectivity index (χ3n) is 4.30. The smallest absolute Gasteiger partial charge is 0.271 e. The van der Waals surface area contributed by atoms with Gasteiger partial charge in [0, 0.05) is 24.1 Å². The van der Waals surface area contributed by atoms with E-state index in [-0.39, 0.29) is 11.6 Å². The van der Waals surface area contributed by atoms with E-state index in [4.69, 9.17) is 4.74 Å². The summed E-state index contributed by atoms with van der Waals surface area (Å²) in [6.07, 6.45) is 0.801. The van der Waals surface area contributed by atoms with Crippen molar-refractivity contribution >= 4 is 17.3 Å². The predicted molar refractivity (Wildman–Crippen MR) is 108 cm³/mol. The lowest BCUT2D eigenvalue weighted by molar-refractivity contribution is -0.384. The number of hydrogen-bond donors (Lipinski definition) is 1. The van der Waals surface area contributed by atoms with Crippen LogP contribution < -0.4 is 10.1 Å². The topological polar surface area (TPSA) is 81.5 Å². The number of carbonyl (C=O) groups is 1. The van der Waals surface area contributed by atoms with Gasteiger partial charge < -0.3 is 10.1 Å². The molecule has 28 heavy (non-hydrogen) atoms. The first-order chi connectivity index (χ1) is 13.5. The van der Waals surface area contributed by atoms with E-state index in [2.05, 4.69) is 5.32 Å². The van der Waals surface area contributed by atoms with Crippen molar-refractivity contribution in [3.8, 4) is 5.75 Å². The molecular weight excluding hydrogens is 356 g/mol. The second-order valence-electron chi connectivity index (χ2n) is 6.32. The minimum absolute atomic E-state index is 0.0666. The molecule has 0 aliphatic heterocycles. The molecule has 0 fully saturated rings. The predicted octanol–water partition coefficient (Wildman–Crippen LogP) is 4.78. The summed E-state index contributed by atoms with van der Waals surface area (Å²) < 4.78 is 5.72. The van der Waals surface area contributed by atoms with E-state index < -0.39 is 4.92 Å². The van der Waals surface area contributed by atoms with Crippen LogP contribution in [0.2, 0.25) is 0 Å². The molecular formula is C22H20N2O4. The fraction of sp³-hybridized carbons (Fsp3) is 0.136. The maximum Gasteiger partial charge on any atom is 0.271 e. The Hall–Kier alpha value is -3.67. The zero-order valence-electron chi connectivity index (χ0n) is 15.4. The van der Waals surface area contributed by atoms with Gasteiger partial charge in [-0.3, -0.25) is 14.9 Å². The number of anilines is 1. The summed E-state index contributed by atoms with van der Waals surface area (Å²) in [5.74, 6) is 0.346. The molecule has 3 aromatic rings.